The first-order valence-corrected chi connectivity index (χ1v) is 12.0. The average Bonchev–Trinajstić information content (AvgIpc) is 2.89. The molecule has 0 heterocycles. The zero-order valence-electron chi connectivity index (χ0n) is 21.7. The van der Waals surface area contributed by atoms with Gasteiger partial charge in [-0.15, -0.1) is 0 Å². The Bertz CT molecular complexity index is 1250. The number of nitrogens with one attached hydrogen (secondary N) is 1. The van der Waals surface area contributed by atoms with Crippen molar-refractivity contribution in [3.05, 3.63) is 82.9 Å². The molecule has 8 nitrogen and oxygen atoms in total. The standard InChI is InChI=1S/C29H32N2O6/c1-6-35-27-15-21(8-14-25(27)37-29(33)22-10-12-24(34-5)13-11-22)17-30-31-28(32)18-36-26-16-23(19(2)3)9-7-20(26)4/h7-17,19H,6,18H2,1-5H3,(H,31,32)/b30-17+. The van der Waals surface area contributed by atoms with Crippen LogP contribution in [0.3, 0.4) is 0 Å². The molecule has 8 heteroatoms. The molecule has 0 aliphatic heterocycles. The van der Waals surface area contributed by atoms with E-state index in [1.165, 1.54) is 6.21 Å². The van der Waals surface area contributed by atoms with Gasteiger partial charge in [-0.25, -0.2) is 10.2 Å². The number of amides is 1. The summed E-state index contributed by atoms with van der Waals surface area (Å²) >= 11 is 0. The lowest BCUT2D eigenvalue weighted by molar-refractivity contribution is -0.123. The van der Waals surface area contributed by atoms with Crippen LogP contribution in [-0.2, 0) is 4.79 Å². The fourth-order valence-corrected chi connectivity index (χ4v) is 3.33. The van der Waals surface area contributed by atoms with E-state index in [0.29, 0.717) is 40.9 Å². The molecule has 0 aromatic heterocycles. The number of methoxy groups -OCH3 is 1. The van der Waals surface area contributed by atoms with Gasteiger partial charge in [-0.05, 0) is 85.0 Å². The molecule has 0 saturated carbocycles. The summed E-state index contributed by atoms with van der Waals surface area (Å²) < 4.78 is 22.0. The van der Waals surface area contributed by atoms with Crippen LogP contribution in [-0.4, -0.2) is 38.4 Å². The third-order valence-electron chi connectivity index (χ3n) is 5.44. The number of hydrogen-bond acceptors (Lipinski definition) is 7. The van der Waals surface area contributed by atoms with Crippen molar-refractivity contribution in [1.29, 1.82) is 0 Å². The molecule has 0 aliphatic carbocycles. The first-order chi connectivity index (χ1) is 17.8. The molecule has 0 fully saturated rings. The lowest BCUT2D eigenvalue weighted by atomic mass is 10.0. The minimum absolute atomic E-state index is 0.163. The topological polar surface area (TPSA) is 95.5 Å². The quantitative estimate of drug-likeness (QED) is 0.165. The molecule has 0 radical (unpaired) electrons. The molecule has 3 aromatic rings. The summed E-state index contributed by atoms with van der Waals surface area (Å²) in [7, 11) is 1.56. The van der Waals surface area contributed by atoms with Gasteiger partial charge in [-0.1, -0.05) is 26.0 Å². The summed E-state index contributed by atoms with van der Waals surface area (Å²) in [6.45, 7) is 8.18. The summed E-state index contributed by atoms with van der Waals surface area (Å²) in [6, 6.07) is 17.6. The van der Waals surface area contributed by atoms with Crippen molar-refractivity contribution >= 4 is 18.1 Å². The zero-order chi connectivity index (χ0) is 26.8. The van der Waals surface area contributed by atoms with Crippen molar-refractivity contribution in [2.24, 2.45) is 5.10 Å². The minimum Gasteiger partial charge on any atom is -0.497 e. The fourth-order valence-electron chi connectivity index (χ4n) is 3.33. The van der Waals surface area contributed by atoms with Crippen LogP contribution in [0, 0.1) is 6.92 Å². The molecule has 194 valence electrons. The van der Waals surface area contributed by atoms with Crippen LogP contribution < -0.4 is 24.4 Å². The lowest BCUT2D eigenvalue weighted by Crippen LogP contribution is -2.24. The minimum atomic E-state index is -0.522. The van der Waals surface area contributed by atoms with Crippen LogP contribution in [0.1, 0.15) is 53.7 Å². The number of esters is 1. The van der Waals surface area contributed by atoms with Crippen LogP contribution in [0.4, 0.5) is 0 Å². The maximum atomic E-state index is 12.5. The van der Waals surface area contributed by atoms with E-state index in [1.54, 1.807) is 49.6 Å². The number of ether oxygens (including phenoxy) is 4. The molecule has 37 heavy (non-hydrogen) atoms. The maximum absolute atomic E-state index is 12.5. The highest BCUT2D eigenvalue weighted by atomic mass is 16.6. The molecule has 1 N–H and O–H groups in total. The number of hydrogen-bond donors (Lipinski definition) is 1. The van der Waals surface area contributed by atoms with Crippen molar-refractivity contribution in [1.82, 2.24) is 5.43 Å². The van der Waals surface area contributed by atoms with Gasteiger partial charge in [0.05, 0.1) is 25.5 Å². The van der Waals surface area contributed by atoms with Crippen molar-refractivity contribution in [3.8, 4) is 23.0 Å². The Kier molecular flexibility index (Phi) is 9.66. The number of aryl methyl sites for hydroxylation is 1. The molecule has 0 unspecified atom stereocenters. The Hall–Kier alpha value is -4.33. The highest BCUT2D eigenvalue weighted by Gasteiger charge is 2.14. The molecule has 0 spiro atoms. The SMILES string of the molecule is CCOc1cc(/C=N/NC(=O)COc2cc(C(C)C)ccc2C)ccc1OC(=O)c1ccc(OC)cc1. The highest BCUT2D eigenvalue weighted by Crippen LogP contribution is 2.29. The van der Waals surface area contributed by atoms with Gasteiger partial charge in [0.2, 0.25) is 0 Å². The molecule has 1 amide bonds. The van der Waals surface area contributed by atoms with Gasteiger partial charge in [0, 0.05) is 0 Å². The summed E-state index contributed by atoms with van der Waals surface area (Å²) in [5.74, 6) is 1.42. The van der Waals surface area contributed by atoms with E-state index in [0.717, 1.165) is 11.1 Å². The van der Waals surface area contributed by atoms with Gasteiger partial charge in [0.15, 0.2) is 18.1 Å². The number of carbonyl (C=O) groups excluding carboxylic acids is 2. The van der Waals surface area contributed by atoms with E-state index in [1.807, 2.05) is 26.0 Å². The van der Waals surface area contributed by atoms with E-state index in [2.05, 4.69) is 30.4 Å². The maximum Gasteiger partial charge on any atom is 0.343 e. The van der Waals surface area contributed by atoms with Gasteiger partial charge in [0.1, 0.15) is 11.5 Å². The van der Waals surface area contributed by atoms with Crippen molar-refractivity contribution in [2.45, 2.75) is 33.6 Å². The average molecular weight is 505 g/mol. The van der Waals surface area contributed by atoms with E-state index in [9.17, 15) is 9.59 Å². The fraction of sp³-hybridized carbons (Fsp3) is 0.276. The monoisotopic (exact) mass is 504 g/mol. The number of benzene rings is 3. The lowest BCUT2D eigenvalue weighted by Gasteiger charge is -2.12. The molecule has 3 aromatic carbocycles. The number of rotatable bonds is 11. The van der Waals surface area contributed by atoms with E-state index in [4.69, 9.17) is 18.9 Å². The number of hydrazone groups is 1. The predicted molar refractivity (Wildman–Crippen MR) is 142 cm³/mol. The molecule has 0 aliphatic rings. The summed E-state index contributed by atoms with van der Waals surface area (Å²) in [4.78, 5) is 24.8. The van der Waals surface area contributed by atoms with Gasteiger partial charge < -0.3 is 18.9 Å². The molecular formula is C29H32N2O6. The normalized spacial score (nSPS) is 10.9. The van der Waals surface area contributed by atoms with E-state index >= 15 is 0 Å². The molecule has 3 rings (SSSR count). The van der Waals surface area contributed by atoms with Crippen LogP contribution in [0.15, 0.2) is 65.8 Å². The van der Waals surface area contributed by atoms with Crippen LogP contribution in [0.25, 0.3) is 0 Å². The van der Waals surface area contributed by atoms with Crippen LogP contribution in [0.2, 0.25) is 0 Å². The third-order valence-corrected chi connectivity index (χ3v) is 5.44. The highest BCUT2D eigenvalue weighted by molar-refractivity contribution is 5.92. The van der Waals surface area contributed by atoms with Gasteiger partial charge in [-0.3, -0.25) is 4.79 Å². The third kappa shape index (κ3) is 7.83. The summed E-state index contributed by atoms with van der Waals surface area (Å²) in [6.07, 6.45) is 1.47. The first-order valence-electron chi connectivity index (χ1n) is 12.0. The largest absolute Gasteiger partial charge is 0.497 e. The van der Waals surface area contributed by atoms with E-state index in [-0.39, 0.29) is 18.3 Å². The van der Waals surface area contributed by atoms with Crippen LogP contribution >= 0.6 is 0 Å². The zero-order valence-corrected chi connectivity index (χ0v) is 21.7. The van der Waals surface area contributed by atoms with Gasteiger partial charge in [0.25, 0.3) is 5.91 Å². The Morgan fingerprint density at radius 1 is 0.946 bits per heavy atom. The van der Waals surface area contributed by atoms with Crippen molar-refractivity contribution in [3.63, 3.8) is 0 Å². The summed E-state index contributed by atoms with van der Waals surface area (Å²) in [5, 5.41) is 4.00. The molecule has 0 bridgehead atoms. The Labute approximate surface area is 217 Å². The van der Waals surface area contributed by atoms with Gasteiger partial charge in [-0.2, -0.15) is 5.10 Å². The second kappa shape index (κ2) is 13.1. The molecule has 0 atom stereocenters. The second-order valence-electron chi connectivity index (χ2n) is 8.52. The second-order valence-corrected chi connectivity index (χ2v) is 8.52. The van der Waals surface area contributed by atoms with Crippen molar-refractivity contribution < 1.29 is 28.5 Å². The Morgan fingerprint density at radius 3 is 2.38 bits per heavy atom. The molecular weight excluding hydrogens is 472 g/mol. The van der Waals surface area contributed by atoms with Crippen molar-refractivity contribution in [2.75, 3.05) is 20.3 Å². The summed E-state index contributed by atoms with van der Waals surface area (Å²) in [5.41, 5.74) is 5.58. The number of nitrogens with zero attached hydrogens (tertiary/aromatic N) is 1. The van der Waals surface area contributed by atoms with E-state index < -0.39 is 5.97 Å². The molecule has 0 saturated heterocycles. The Morgan fingerprint density at radius 2 is 1.70 bits per heavy atom. The number of carbonyl (C=O) groups is 2. The van der Waals surface area contributed by atoms with Crippen LogP contribution in [0.5, 0.6) is 23.0 Å². The van der Waals surface area contributed by atoms with Gasteiger partial charge >= 0.3 is 5.97 Å². The predicted octanol–water partition coefficient (Wildman–Crippen LogP) is 5.27. The first kappa shape index (κ1) is 27.3. The Balaban J connectivity index is 1.60. The smallest absolute Gasteiger partial charge is 0.343 e.